The zero-order valence-electron chi connectivity index (χ0n) is 13.0. The quantitative estimate of drug-likeness (QED) is 0.800. The summed E-state index contributed by atoms with van der Waals surface area (Å²) in [6, 6.07) is 13.6. The smallest absolute Gasteiger partial charge is 0.270 e. The minimum atomic E-state index is -0.319. The SMILES string of the molecule is COc1cccc(CN(C)C(=O)c2cc3cc(F)ccc3[nH]2)c1. The summed E-state index contributed by atoms with van der Waals surface area (Å²) in [6.45, 7) is 0.458. The molecule has 1 aromatic heterocycles. The van der Waals surface area contributed by atoms with Gasteiger partial charge in [-0.3, -0.25) is 4.79 Å². The van der Waals surface area contributed by atoms with E-state index in [9.17, 15) is 9.18 Å². The Morgan fingerprint density at radius 1 is 1.22 bits per heavy atom. The lowest BCUT2D eigenvalue weighted by Crippen LogP contribution is -2.26. The van der Waals surface area contributed by atoms with Crippen LogP contribution in [0.3, 0.4) is 0 Å². The summed E-state index contributed by atoms with van der Waals surface area (Å²) in [5.41, 5.74) is 2.16. The summed E-state index contributed by atoms with van der Waals surface area (Å²) in [7, 11) is 3.34. The molecule has 0 aliphatic rings. The number of nitrogens with one attached hydrogen (secondary N) is 1. The van der Waals surface area contributed by atoms with Gasteiger partial charge in [0.15, 0.2) is 0 Å². The first-order valence-corrected chi connectivity index (χ1v) is 7.23. The number of benzene rings is 2. The molecule has 3 rings (SSSR count). The van der Waals surface area contributed by atoms with E-state index in [0.29, 0.717) is 17.6 Å². The second kappa shape index (κ2) is 6.12. The van der Waals surface area contributed by atoms with E-state index in [1.165, 1.54) is 12.1 Å². The van der Waals surface area contributed by atoms with E-state index < -0.39 is 0 Å². The number of amides is 1. The first-order valence-electron chi connectivity index (χ1n) is 7.23. The maximum Gasteiger partial charge on any atom is 0.270 e. The van der Waals surface area contributed by atoms with Gasteiger partial charge in [-0.25, -0.2) is 4.39 Å². The van der Waals surface area contributed by atoms with Gasteiger partial charge in [-0.15, -0.1) is 0 Å². The molecule has 118 valence electrons. The van der Waals surface area contributed by atoms with E-state index in [1.54, 1.807) is 31.2 Å². The van der Waals surface area contributed by atoms with Crippen LogP contribution < -0.4 is 4.74 Å². The monoisotopic (exact) mass is 312 g/mol. The lowest BCUT2D eigenvalue weighted by Gasteiger charge is -2.16. The van der Waals surface area contributed by atoms with Crippen LogP contribution in [0.1, 0.15) is 16.1 Å². The maximum atomic E-state index is 13.2. The number of hydrogen-bond donors (Lipinski definition) is 1. The van der Waals surface area contributed by atoms with Crippen LogP contribution in [0, 0.1) is 5.82 Å². The Labute approximate surface area is 133 Å². The lowest BCUT2D eigenvalue weighted by atomic mass is 10.2. The van der Waals surface area contributed by atoms with Gasteiger partial charge < -0.3 is 14.6 Å². The Morgan fingerprint density at radius 3 is 2.83 bits per heavy atom. The van der Waals surface area contributed by atoms with Gasteiger partial charge in [0.1, 0.15) is 17.3 Å². The van der Waals surface area contributed by atoms with Gasteiger partial charge in [0.2, 0.25) is 0 Å². The molecular weight excluding hydrogens is 295 g/mol. The van der Waals surface area contributed by atoms with Crippen molar-refractivity contribution < 1.29 is 13.9 Å². The number of hydrogen-bond acceptors (Lipinski definition) is 2. The molecule has 0 aliphatic heterocycles. The number of nitrogens with zero attached hydrogens (tertiary/aromatic N) is 1. The molecule has 0 saturated carbocycles. The molecule has 5 heteroatoms. The molecule has 3 aromatic rings. The molecule has 2 aromatic carbocycles. The van der Waals surface area contributed by atoms with Crippen molar-refractivity contribution in [2.24, 2.45) is 0 Å². The van der Waals surface area contributed by atoms with Crippen molar-refractivity contribution in [2.75, 3.05) is 14.2 Å². The number of H-pyrrole nitrogens is 1. The fourth-order valence-corrected chi connectivity index (χ4v) is 2.54. The highest BCUT2D eigenvalue weighted by Gasteiger charge is 2.15. The van der Waals surface area contributed by atoms with Crippen molar-refractivity contribution >= 4 is 16.8 Å². The molecule has 0 spiro atoms. The highest BCUT2D eigenvalue weighted by Crippen LogP contribution is 2.19. The maximum absolute atomic E-state index is 13.2. The van der Waals surface area contributed by atoms with E-state index in [-0.39, 0.29) is 11.7 Å². The predicted molar refractivity (Wildman–Crippen MR) is 87.0 cm³/mol. The van der Waals surface area contributed by atoms with Crippen molar-refractivity contribution in [2.45, 2.75) is 6.54 Å². The Kier molecular flexibility index (Phi) is 4.02. The van der Waals surface area contributed by atoms with E-state index in [1.807, 2.05) is 24.3 Å². The standard InChI is InChI=1S/C18H17FN2O2/c1-21(11-12-4-3-5-15(8-12)23-2)18(22)17-10-13-9-14(19)6-7-16(13)20-17/h3-10,20H,11H2,1-2H3. The topological polar surface area (TPSA) is 45.3 Å². The van der Waals surface area contributed by atoms with Gasteiger partial charge in [-0.05, 0) is 42.0 Å². The number of rotatable bonds is 4. The second-order valence-corrected chi connectivity index (χ2v) is 5.43. The molecule has 23 heavy (non-hydrogen) atoms. The third-order valence-electron chi connectivity index (χ3n) is 3.71. The largest absolute Gasteiger partial charge is 0.497 e. The lowest BCUT2D eigenvalue weighted by molar-refractivity contribution is 0.0780. The number of carbonyl (C=O) groups excluding carboxylic acids is 1. The zero-order chi connectivity index (χ0) is 16.4. The van der Waals surface area contributed by atoms with E-state index in [4.69, 9.17) is 4.74 Å². The molecule has 1 amide bonds. The highest BCUT2D eigenvalue weighted by atomic mass is 19.1. The fraction of sp³-hybridized carbons (Fsp3) is 0.167. The van der Waals surface area contributed by atoms with Crippen LogP contribution >= 0.6 is 0 Å². The molecule has 0 radical (unpaired) electrons. The van der Waals surface area contributed by atoms with Gasteiger partial charge in [0.25, 0.3) is 5.91 Å². The van der Waals surface area contributed by atoms with Crippen molar-refractivity contribution in [1.29, 1.82) is 0 Å². The Balaban J connectivity index is 1.80. The molecule has 0 bridgehead atoms. The van der Waals surface area contributed by atoms with Crippen LogP contribution in [0.15, 0.2) is 48.5 Å². The number of methoxy groups -OCH3 is 1. The highest BCUT2D eigenvalue weighted by molar-refractivity contribution is 5.97. The summed E-state index contributed by atoms with van der Waals surface area (Å²) >= 11 is 0. The summed E-state index contributed by atoms with van der Waals surface area (Å²) in [6.07, 6.45) is 0. The second-order valence-electron chi connectivity index (χ2n) is 5.43. The zero-order valence-corrected chi connectivity index (χ0v) is 13.0. The number of carbonyl (C=O) groups is 1. The summed E-state index contributed by atoms with van der Waals surface area (Å²) in [5, 5.41) is 0.683. The minimum Gasteiger partial charge on any atom is -0.497 e. The first kappa shape index (κ1) is 15.1. The van der Waals surface area contributed by atoms with Crippen molar-refractivity contribution in [3.8, 4) is 5.75 Å². The molecule has 0 unspecified atom stereocenters. The summed E-state index contributed by atoms with van der Waals surface area (Å²) in [5.74, 6) is 0.286. The van der Waals surface area contributed by atoms with Gasteiger partial charge >= 0.3 is 0 Å². The average molecular weight is 312 g/mol. The van der Waals surface area contributed by atoms with E-state index in [0.717, 1.165) is 16.8 Å². The number of ether oxygens (including phenoxy) is 1. The Bertz CT molecular complexity index is 857. The van der Waals surface area contributed by atoms with E-state index in [2.05, 4.69) is 4.98 Å². The van der Waals surface area contributed by atoms with Gasteiger partial charge in [-0.2, -0.15) is 0 Å². The molecule has 0 fully saturated rings. The Morgan fingerprint density at radius 2 is 2.04 bits per heavy atom. The van der Waals surface area contributed by atoms with Crippen LogP contribution in [0.4, 0.5) is 4.39 Å². The molecule has 0 saturated heterocycles. The van der Waals surface area contributed by atoms with Crippen molar-refractivity contribution in [3.63, 3.8) is 0 Å². The summed E-state index contributed by atoms with van der Waals surface area (Å²) in [4.78, 5) is 17.2. The van der Waals surface area contributed by atoms with Crippen LogP contribution in [-0.2, 0) is 6.54 Å². The number of fused-ring (bicyclic) bond motifs is 1. The number of halogens is 1. The van der Waals surface area contributed by atoms with Gasteiger partial charge in [0.05, 0.1) is 7.11 Å². The molecule has 1 heterocycles. The molecule has 1 N–H and O–H groups in total. The van der Waals surface area contributed by atoms with Crippen LogP contribution in [0.2, 0.25) is 0 Å². The van der Waals surface area contributed by atoms with Crippen LogP contribution in [-0.4, -0.2) is 29.9 Å². The van der Waals surface area contributed by atoms with Gasteiger partial charge in [-0.1, -0.05) is 12.1 Å². The average Bonchev–Trinajstić information content (AvgIpc) is 2.97. The van der Waals surface area contributed by atoms with Crippen molar-refractivity contribution in [3.05, 3.63) is 65.6 Å². The molecule has 4 nitrogen and oxygen atoms in total. The first-order chi connectivity index (χ1) is 11.1. The summed E-state index contributed by atoms with van der Waals surface area (Å²) < 4.78 is 18.4. The third-order valence-corrected chi connectivity index (χ3v) is 3.71. The van der Waals surface area contributed by atoms with E-state index >= 15 is 0 Å². The number of aromatic amines is 1. The number of aromatic nitrogens is 1. The van der Waals surface area contributed by atoms with Crippen molar-refractivity contribution in [1.82, 2.24) is 9.88 Å². The van der Waals surface area contributed by atoms with Crippen LogP contribution in [0.25, 0.3) is 10.9 Å². The third kappa shape index (κ3) is 3.18. The molecular formula is C18H17FN2O2. The molecule has 0 aliphatic carbocycles. The molecule has 0 atom stereocenters. The Hall–Kier alpha value is -2.82. The van der Waals surface area contributed by atoms with Crippen LogP contribution in [0.5, 0.6) is 5.75 Å². The minimum absolute atomic E-state index is 0.149. The predicted octanol–water partition coefficient (Wildman–Crippen LogP) is 3.59. The normalized spacial score (nSPS) is 10.7. The van der Waals surface area contributed by atoms with Gasteiger partial charge in [0, 0.05) is 24.5 Å². The fourth-order valence-electron chi connectivity index (χ4n) is 2.54.